The minimum Gasteiger partial charge on any atom is -0.373 e. The number of hydrogen-bond acceptors (Lipinski definition) is 1. The van der Waals surface area contributed by atoms with Crippen LogP contribution >= 0.6 is 0 Å². The molecule has 0 aliphatic carbocycles. The Labute approximate surface area is 31.1 Å². The van der Waals surface area contributed by atoms with E-state index in [9.17, 15) is 0 Å². The van der Waals surface area contributed by atoms with Crippen molar-refractivity contribution in [2.75, 3.05) is 6.61 Å². The van der Waals surface area contributed by atoms with E-state index in [1.54, 1.807) is 0 Å². The fraction of sp³-hybridized carbons (Fsp3) is 1.00. The molecule has 0 aromatic carbocycles. The first-order valence-electron chi connectivity index (χ1n) is 1.51. The van der Waals surface area contributed by atoms with E-state index in [4.69, 9.17) is 4.74 Å². The van der Waals surface area contributed by atoms with Crippen LogP contribution in [-0.2, 0) is 10.2 Å². The molecule has 2 radical (unpaired) electrons. The van der Waals surface area contributed by atoms with Crippen molar-refractivity contribution in [3.63, 3.8) is 0 Å². The van der Waals surface area contributed by atoms with Crippen LogP contribution in [0.4, 0.5) is 0 Å². The zero-order valence-electron chi connectivity index (χ0n) is 3.10. The highest BCUT2D eigenvalue weighted by Gasteiger charge is 2.13. The number of rotatable bonds is 0. The average Bonchev–Trinajstić information content (AvgIpc) is 1.75. The number of hydrogen-bond donors (Lipinski definition) is 0. The largest absolute Gasteiger partial charge is 0.373 e. The van der Waals surface area contributed by atoms with E-state index in [1.807, 2.05) is 0 Å². The molecule has 0 aromatic heterocycles. The molecule has 1 atom stereocenters. The van der Waals surface area contributed by atoms with Crippen LogP contribution in [0, 0.1) is 0 Å². The van der Waals surface area contributed by atoms with Crippen LogP contribution in [0.3, 0.4) is 0 Å². The number of epoxide rings is 1. The molecule has 1 rings (SSSR count). The Kier molecular flexibility index (Phi) is 1.36. The lowest BCUT2D eigenvalue weighted by Crippen LogP contribution is -1.60. The van der Waals surface area contributed by atoms with Gasteiger partial charge < -0.3 is 4.74 Å². The molecule has 0 saturated carbocycles. The summed E-state index contributed by atoms with van der Waals surface area (Å²) in [6, 6.07) is 0. The van der Waals surface area contributed by atoms with Crippen LogP contribution in [-0.4, -0.2) is 12.7 Å². The van der Waals surface area contributed by atoms with E-state index in [0.29, 0.717) is 6.10 Å². The van der Waals surface area contributed by atoms with Gasteiger partial charge in [0, 0.05) is 5.48 Å². The minimum absolute atomic E-state index is 0. The predicted octanol–water partition coefficient (Wildman–Crippen LogP) is 0.286. The molecule has 0 bridgehead atoms. The fourth-order valence-electron chi connectivity index (χ4n) is 0.0962. The van der Waals surface area contributed by atoms with Gasteiger partial charge in [-0.2, -0.15) is 0 Å². The van der Waals surface area contributed by atoms with Gasteiger partial charge in [0.05, 0.1) is 12.7 Å². The molecular weight excluding hydrogens is 68.0 g/mol. The second kappa shape index (κ2) is 1.38. The van der Waals surface area contributed by atoms with Crippen molar-refractivity contribution in [2.45, 2.75) is 13.0 Å². The first kappa shape index (κ1) is 4.92. The van der Waals surface area contributed by atoms with E-state index < -0.39 is 0 Å². The molecule has 0 aromatic rings. The molecule has 0 amide bonds. The molecule has 1 saturated heterocycles. The van der Waals surface area contributed by atoms with Gasteiger partial charge in [-0.3, -0.25) is 0 Å². The van der Waals surface area contributed by atoms with Gasteiger partial charge in [-0.1, -0.05) is 0 Å². The van der Waals surface area contributed by atoms with Crippen molar-refractivity contribution in [1.29, 1.82) is 0 Å². The first-order valence-corrected chi connectivity index (χ1v) is 1.51. The summed E-state index contributed by atoms with van der Waals surface area (Å²) in [7, 11) is 0. The summed E-state index contributed by atoms with van der Waals surface area (Å²) in [6.07, 6.45) is 0.583. The van der Waals surface area contributed by atoms with E-state index in [0.717, 1.165) is 6.61 Å². The van der Waals surface area contributed by atoms with E-state index in [1.165, 1.54) is 0 Å². The molecule has 2 heteroatoms. The summed E-state index contributed by atoms with van der Waals surface area (Å²) >= 11 is 0. The highest BCUT2D eigenvalue weighted by atomic mass is 16.6. The maximum absolute atomic E-state index is 4.71. The lowest BCUT2D eigenvalue weighted by molar-refractivity contribution is 0.423. The third-order valence-corrected chi connectivity index (χ3v) is 0.500. The smallest absolute Gasteiger partial charge is 0.0781 e. The summed E-state index contributed by atoms with van der Waals surface area (Å²) in [6.45, 7) is 3.04. The molecular formula is C3H6O2. The zero-order valence-corrected chi connectivity index (χ0v) is 3.10. The minimum atomic E-state index is 0. The van der Waals surface area contributed by atoms with Crippen LogP contribution in [0.2, 0.25) is 0 Å². The van der Waals surface area contributed by atoms with Crippen LogP contribution < -0.4 is 0 Å². The standard InChI is InChI=1S/C3H6O.O/c1-3-2-4-3;/h3H,2H2,1H3;. The molecule has 0 N–H and O–H groups in total. The normalized spacial score (nSPS) is 31.8. The Morgan fingerprint density at radius 3 is 2.00 bits per heavy atom. The average molecular weight is 74.1 g/mol. The van der Waals surface area contributed by atoms with Gasteiger partial charge in [-0.25, -0.2) is 0 Å². The maximum atomic E-state index is 4.71. The Morgan fingerprint density at radius 2 is 2.00 bits per heavy atom. The fourth-order valence-corrected chi connectivity index (χ4v) is 0.0962. The van der Waals surface area contributed by atoms with Gasteiger partial charge in [0.2, 0.25) is 0 Å². The highest BCUT2D eigenvalue weighted by molar-refractivity contribution is 4.58. The summed E-state index contributed by atoms with van der Waals surface area (Å²) in [5.74, 6) is 0. The van der Waals surface area contributed by atoms with Gasteiger partial charge in [0.1, 0.15) is 0 Å². The Balaban J connectivity index is 0.000000160. The van der Waals surface area contributed by atoms with Crippen molar-refractivity contribution in [2.24, 2.45) is 0 Å². The lowest BCUT2D eigenvalue weighted by Gasteiger charge is -1.50. The second-order valence-corrected chi connectivity index (χ2v) is 1.14. The van der Waals surface area contributed by atoms with Gasteiger partial charge in [0.15, 0.2) is 0 Å². The molecule has 30 valence electrons. The van der Waals surface area contributed by atoms with Gasteiger partial charge >= 0.3 is 0 Å². The van der Waals surface area contributed by atoms with E-state index >= 15 is 0 Å². The molecule has 0 spiro atoms. The Morgan fingerprint density at radius 1 is 1.80 bits per heavy atom. The SMILES string of the molecule is CC1CO1.[O]. The summed E-state index contributed by atoms with van der Waals surface area (Å²) in [4.78, 5) is 0. The monoisotopic (exact) mass is 74.0 g/mol. The predicted molar refractivity (Wildman–Crippen MR) is 16.1 cm³/mol. The van der Waals surface area contributed by atoms with E-state index in [-0.39, 0.29) is 5.48 Å². The third kappa shape index (κ3) is 1.69. The van der Waals surface area contributed by atoms with Crippen LogP contribution in [0.25, 0.3) is 0 Å². The molecule has 1 unspecified atom stereocenters. The maximum Gasteiger partial charge on any atom is 0.0781 e. The van der Waals surface area contributed by atoms with Gasteiger partial charge in [-0.15, -0.1) is 0 Å². The van der Waals surface area contributed by atoms with Crippen molar-refractivity contribution in [1.82, 2.24) is 0 Å². The Bertz CT molecular complexity index is 24.1. The molecule has 5 heavy (non-hydrogen) atoms. The molecule has 1 fully saturated rings. The van der Waals surface area contributed by atoms with Crippen molar-refractivity contribution in [3.8, 4) is 0 Å². The zero-order chi connectivity index (χ0) is 2.99. The lowest BCUT2D eigenvalue weighted by atomic mass is 10.6. The van der Waals surface area contributed by atoms with Gasteiger partial charge in [0.25, 0.3) is 0 Å². The van der Waals surface area contributed by atoms with Crippen LogP contribution in [0.15, 0.2) is 0 Å². The molecule has 2 nitrogen and oxygen atoms in total. The highest BCUT2D eigenvalue weighted by Crippen LogP contribution is 2.04. The van der Waals surface area contributed by atoms with Crippen LogP contribution in [0.5, 0.6) is 0 Å². The Hall–Kier alpha value is -0.0800. The first-order chi connectivity index (χ1) is 1.89. The van der Waals surface area contributed by atoms with E-state index in [2.05, 4.69) is 6.92 Å². The summed E-state index contributed by atoms with van der Waals surface area (Å²) in [5.41, 5.74) is 0. The summed E-state index contributed by atoms with van der Waals surface area (Å²) < 4.78 is 4.71. The quantitative estimate of drug-likeness (QED) is 0.380. The molecule has 1 aliphatic heterocycles. The number of ether oxygens (including phenoxy) is 1. The van der Waals surface area contributed by atoms with Crippen LogP contribution in [0.1, 0.15) is 6.92 Å². The topological polar surface area (TPSA) is 41.0 Å². The second-order valence-electron chi connectivity index (χ2n) is 1.14. The van der Waals surface area contributed by atoms with Gasteiger partial charge in [-0.05, 0) is 6.92 Å². The molecule has 1 aliphatic rings. The summed E-state index contributed by atoms with van der Waals surface area (Å²) in [5, 5.41) is 0. The van der Waals surface area contributed by atoms with Crippen molar-refractivity contribution in [3.05, 3.63) is 0 Å². The molecule has 1 heterocycles. The third-order valence-electron chi connectivity index (χ3n) is 0.500. The van der Waals surface area contributed by atoms with Crippen molar-refractivity contribution < 1.29 is 10.2 Å². The van der Waals surface area contributed by atoms with Crippen molar-refractivity contribution >= 4 is 0 Å².